The molecule has 0 atom stereocenters. The Balaban J connectivity index is 1.26. The smallest absolute Gasteiger partial charge is 0.170 e. The molecule has 3 N–H and O–H groups in total. The van der Waals surface area contributed by atoms with Gasteiger partial charge in [-0.05, 0) is 79.7 Å². The van der Waals surface area contributed by atoms with E-state index < -0.39 is 0 Å². The normalized spacial score (nSPS) is 10.9. The fourth-order valence-electron chi connectivity index (χ4n) is 3.81. The van der Waals surface area contributed by atoms with Gasteiger partial charge in [0, 0.05) is 30.4 Å². The van der Waals surface area contributed by atoms with E-state index in [2.05, 4.69) is 20.9 Å². The van der Waals surface area contributed by atoms with E-state index in [0.717, 1.165) is 72.6 Å². The van der Waals surface area contributed by atoms with Crippen LogP contribution in [0.2, 0.25) is 0 Å². The second kappa shape index (κ2) is 13.9. The topological polar surface area (TPSA) is 84.0 Å². The molecule has 0 spiro atoms. The van der Waals surface area contributed by atoms with Crippen LogP contribution < -0.4 is 20.7 Å². The summed E-state index contributed by atoms with van der Waals surface area (Å²) in [6.45, 7) is 1.68. The van der Waals surface area contributed by atoms with Crippen molar-refractivity contribution in [2.75, 3.05) is 30.8 Å². The number of anilines is 2. The SMILES string of the molecule is COc1ccc2nc(C=Cc3ccccn3)nc(NCCCCCCNC(=S)Nc3ccccc3)c2c1. The van der Waals surface area contributed by atoms with E-state index in [4.69, 9.17) is 26.9 Å². The molecule has 8 heteroatoms. The Kier molecular flexibility index (Phi) is 9.77. The Bertz CT molecular complexity index is 1310. The molecule has 4 rings (SSSR count). The van der Waals surface area contributed by atoms with Crippen molar-refractivity contribution in [3.05, 3.63) is 84.4 Å². The van der Waals surface area contributed by atoms with E-state index >= 15 is 0 Å². The summed E-state index contributed by atoms with van der Waals surface area (Å²) in [7, 11) is 1.67. The summed E-state index contributed by atoms with van der Waals surface area (Å²) in [5.74, 6) is 2.23. The highest BCUT2D eigenvalue weighted by Crippen LogP contribution is 2.26. The van der Waals surface area contributed by atoms with Crippen LogP contribution in [0.4, 0.5) is 11.5 Å². The second-order valence-electron chi connectivity index (χ2n) is 8.49. The molecule has 2 aromatic heterocycles. The van der Waals surface area contributed by atoms with Crippen LogP contribution >= 0.6 is 12.2 Å². The molecule has 0 bridgehead atoms. The van der Waals surface area contributed by atoms with E-state index in [1.165, 1.54) is 0 Å². The molecule has 190 valence electrons. The molecule has 0 amide bonds. The van der Waals surface area contributed by atoms with Gasteiger partial charge in [0.25, 0.3) is 0 Å². The Morgan fingerprint density at radius 1 is 0.892 bits per heavy atom. The molecular formula is C29H32N6OS. The summed E-state index contributed by atoms with van der Waals surface area (Å²) in [4.78, 5) is 13.8. The number of pyridine rings is 1. The van der Waals surface area contributed by atoms with Crippen molar-refractivity contribution in [1.82, 2.24) is 20.3 Å². The maximum Gasteiger partial charge on any atom is 0.170 e. The predicted octanol–water partition coefficient (Wildman–Crippen LogP) is 6.16. The van der Waals surface area contributed by atoms with Crippen molar-refractivity contribution in [3.63, 3.8) is 0 Å². The maximum atomic E-state index is 5.42. The van der Waals surface area contributed by atoms with E-state index in [-0.39, 0.29) is 0 Å². The van der Waals surface area contributed by atoms with Gasteiger partial charge in [-0.15, -0.1) is 0 Å². The van der Waals surface area contributed by atoms with Crippen molar-refractivity contribution in [3.8, 4) is 5.75 Å². The average molecular weight is 513 g/mol. The molecule has 0 aliphatic heterocycles. The zero-order chi connectivity index (χ0) is 25.7. The van der Waals surface area contributed by atoms with Crippen LogP contribution in [-0.2, 0) is 0 Å². The lowest BCUT2D eigenvalue weighted by atomic mass is 10.2. The highest BCUT2D eigenvalue weighted by Gasteiger charge is 2.08. The summed E-state index contributed by atoms with van der Waals surface area (Å²) < 4.78 is 5.42. The fourth-order valence-corrected chi connectivity index (χ4v) is 4.03. The van der Waals surface area contributed by atoms with Crippen LogP contribution in [0.5, 0.6) is 5.75 Å². The number of benzene rings is 2. The average Bonchev–Trinajstić information content (AvgIpc) is 2.94. The minimum Gasteiger partial charge on any atom is -0.497 e. The third-order valence-electron chi connectivity index (χ3n) is 5.72. The molecule has 37 heavy (non-hydrogen) atoms. The molecular weight excluding hydrogens is 480 g/mol. The Hall–Kier alpha value is -4.04. The first-order valence-electron chi connectivity index (χ1n) is 12.5. The number of hydrogen-bond donors (Lipinski definition) is 3. The summed E-state index contributed by atoms with van der Waals surface area (Å²) in [5.41, 5.74) is 2.72. The zero-order valence-corrected chi connectivity index (χ0v) is 21.8. The maximum absolute atomic E-state index is 5.42. The van der Waals surface area contributed by atoms with Gasteiger partial charge in [-0.3, -0.25) is 4.98 Å². The van der Waals surface area contributed by atoms with Gasteiger partial charge in [0.2, 0.25) is 0 Å². The molecule has 0 fully saturated rings. The van der Waals surface area contributed by atoms with Gasteiger partial charge in [0.05, 0.1) is 18.3 Å². The van der Waals surface area contributed by atoms with Gasteiger partial charge in [-0.25, -0.2) is 9.97 Å². The molecule has 0 radical (unpaired) electrons. The molecule has 4 aromatic rings. The molecule has 2 aromatic carbocycles. The number of unbranched alkanes of at least 4 members (excludes halogenated alkanes) is 3. The van der Waals surface area contributed by atoms with Crippen LogP contribution in [0.3, 0.4) is 0 Å². The van der Waals surface area contributed by atoms with Crippen LogP contribution in [0.1, 0.15) is 37.2 Å². The van der Waals surface area contributed by atoms with Crippen molar-refractivity contribution in [2.45, 2.75) is 25.7 Å². The standard InChI is InChI=1S/C29H32N6OS/c1-36-24-15-16-26-25(21-24)28(35-27(34-26)17-14-22-11-7-10-18-30-22)31-19-8-2-3-9-20-32-29(37)33-23-12-5-4-6-13-23/h4-7,10-18,21H,2-3,8-9,19-20H2,1H3,(H,31,34,35)(H2,32,33,37). The van der Waals surface area contributed by atoms with Crippen LogP contribution in [-0.4, -0.2) is 40.3 Å². The first-order valence-corrected chi connectivity index (χ1v) is 12.9. The zero-order valence-electron chi connectivity index (χ0n) is 21.0. The minimum absolute atomic E-state index is 0.636. The highest BCUT2D eigenvalue weighted by atomic mass is 32.1. The number of thiocarbonyl (C=S) groups is 1. The second-order valence-corrected chi connectivity index (χ2v) is 8.90. The minimum atomic E-state index is 0.636. The molecule has 2 heterocycles. The third-order valence-corrected chi connectivity index (χ3v) is 5.97. The Morgan fingerprint density at radius 3 is 2.49 bits per heavy atom. The van der Waals surface area contributed by atoms with E-state index in [0.29, 0.717) is 10.9 Å². The van der Waals surface area contributed by atoms with E-state index in [1.54, 1.807) is 13.3 Å². The fraction of sp³-hybridized carbons (Fsp3) is 0.241. The largest absolute Gasteiger partial charge is 0.497 e. The van der Waals surface area contributed by atoms with Crippen molar-refractivity contribution < 1.29 is 4.74 Å². The number of rotatable bonds is 12. The quantitative estimate of drug-likeness (QED) is 0.154. The van der Waals surface area contributed by atoms with Gasteiger partial charge in [0.15, 0.2) is 10.9 Å². The van der Waals surface area contributed by atoms with Crippen LogP contribution in [0.15, 0.2) is 72.9 Å². The summed E-state index contributed by atoms with van der Waals surface area (Å²) in [5, 5.41) is 11.6. The number of para-hydroxylation sites is 1. The molecule has 0 saturated heterocycles. The summed E-state index contributed by atoms with van der Waals surface area (Å²) >= 11 is 5.36. The predicted molar refractivity (Wildman–Crippen MR) is 157 cm³/mol. The third kappa shape index (κ3) is 8.25. The van der Waals surface area contributed by atoms with Crippen molar-refractivity contribution in [2.24, 2.45) is 0 Å². The van der Waals surface area contributed by atoms with E-state index in [1.807, 2.05) is 78.9 Å². The number of fused-ring (bicyclic) bond motifs is 1. The van der Waals surface area contributed by atoms with Crippen molar-refractivity contribution >= 4 is 51.9 Å². The van der Waals surface area contributed by atoms with Gasteiger partial charge >= 0.3 is 0 Å². The van der Waals surface area contributed by atoms with Gasteiger partial charge in [0.1, 0.15) is 11.6 Å². The Labute approximate surface area is 223 Å². The molecule has 0 saturated carbocycles. The molecule has 0 unspecified atom stereocenters. The van der Waals surface area contributed by atoms with Crippen molar-refractivity contribution in [1.29, 1.82) is 0 Å². The summed E-state index contributed by atoms with van der Waals surface area (Å²) in [6.07, 6.45) is 9.93. The lowest BCUT2D eigenvalue weighted by molar-refractivity contribution is 0.415. The summed E-state index contributed by atoms with van der Waals surface area (Å²) in [6, 6.07) is 21.6. The number of methoxy groups -OCH3 is 1. The molecule has 0 aliphatic carbocycles. The van der Waals surface area contributed by atoms with E-state index in [9.17, 15) is 0 Å². The molecule has 0 aliphatic rings. The van der Waals surface area contributed by atoms with Gasteiger partial charge < -0.3 is 20.7 Å². The van der Waals surface area contributed by atoms with Crippen LogP contribution in [0, 0.1) is 0 Å². The molecule has 7 nitrogen and oxygen atoms in total. The number of aromatic nitrogens is 3. The van der Waals surface area contributed by atoms with Crippen LogP contribution in [0.25, 0.3) is 23.1 Å². The first-order chi connectivity index (χ1) is 18.2. The lowest BCUT2D eigenvalue weighted by Gasteiger charge is -2.12. The first kappa shape index (κ1) is 26.0. The number of nitrogens with one attached hydrogen (secondary N) is 3. The highest BCUT2D eigenvalue weighted by molar-refractivity contribution is 7.80. The lowest BCUT2D eigenvalue weighted by Crippen LogP contribution is -2.29. The Morgan fingerprint density at radius 2 is 1.70 bits per heavy atom. The monoisotopic (exact) mass is 512 g/mol. The number of hydrogen-bond acceptors (Lipinski definition) is 6. The number of nitrogens with zero attached hydrogens (tertiary/aromatic N) is 3. The number of ether oxygens (including phenoxy) is 1. The van der Waals surface area contributed by atoms with Gasteiger partial charge in [-0.2, -0.15) is 0 Å². The van der Waals surface area contributed by atoms with Gasteiger partial charge in [-0.1, -0.05) is 37.1 Å².